The van der Waals surface area contributed by atoms with Crippen LogP contribution in [-0.4, -0.2) is 18.0 Å². The van der Waals surface area contributed by atoms with Gasteiger partial charge in [0.1, 0.15) is 11.6 Å². The van der Waals surface area contributed by atoms with E-state index in [1.165, 1.54) is 19.2 Å². The van der Waals surface area contributed by atoms with E-state index in [0.29, 0.717) is 32.9 Å². The van der Waals surface area contributed by atoms with Crippen molar-refractivity contribution in [1.29, 1.82) is 0 Å². The molecular weight excluding hydrogens is 307 g/mol. The first kappa shape index (κ1) is 14.4. The van der Waals surface area contributed by atoms with Gasteiger partial charge in [-0.3, -0.25) is 4.79 Å². The third-order valence-corrected chi connectivity index (χ3v) is 3.59. The molecule has 4 nitrogen and oxygen atoms in total. The monoisotopic (exact) mass is 318 g/mol. The molecule has 0 aliphatic carbocycles. The van der Waals surface area contributed by atoms with Crippen molar-refractivity contribution >= 4 is 34.1 Å². The van der Waals surface area contributed by atoms with Crippen LogP contribution in [0, 0.1) is 5.82 Å². The smallest absolute Gasteiger partial charge is 0.257 e. The summed E-state index contributed by atoms with van der Waals surface area (Å²) in [6.45, 7) is 0. The molecule has 0 fully saturated rings. The number of halogens is 2. The second-order valence-corrected chi connectivity index (χ2v) is 5.10. The molecule has 2 aromatic carbocycles. The molecule has 2 N–H and O–H groups in total. The SMILES string of the molecule is COc1ccc(NC(=O)c2c[nH]c3cc(F)ccc23)cc1Cl. The number of carbonyl (C=O) groups is 1. The standard InChI is InChI=1S/C16H12ClFN2O2/c1-22-15-5-3-10(7-13(15)17)20-16(21)12-8-19-14-6-9(18)2-4-11(12)14/h2-8,19H,1H3,(H,20,21). The molecule has 3 rings (SSSR count). The van der Waals surface area contributed by atoms with Crippen LogP contribution >= 0.6 is 11.6 Å². The van der Waals surface area contributed by atoms with Crippen LogP contribution in [0.25, 0.3) is 10.9 Å². The highest BCUT2D eigenvalue weighted by Crippen LogP contribution is 2.28. The van der Waals surface area contributed by atoms with Gasteiger partial charge >= 0.3 is 0 Å². The summed E-state index contributed by atoms with van der Waals surface area (Å²) in [6.07, 6.45) is 1.55. The van der Waals surface area contributed by atoms with E-state index in [-0.39, 0.29) is 11.7 Å². The number of nitrogens with one attached hydrogen (secondary N) is 2. The van der Waals surface area contributed by atoms with Crippen LogP contribution in [-0.2, 0) is 0 Å². The minimum Gasteiger partial charge on any atom is -0.495 e. The third kappa shape index (κ3) is 2.63. The van der Waals surface area contributed by atoms with Gasteiger partial charge in [-0.25, -0.2) is 4.39 Å². The van der Waals surface area contributed by atoms with E-state index in [1.54, 1.807) is 30.5 Å². The molecule has 1 aromatic heterocycles. The minimum atomic E-state index is -0.358. The summed E-state index contributed by atoms with van der Waals surface area (Å²) in [5.74, 6) is -0.135. The van der Waals surface area contributed by atoms with Crippen LogP contribution in [0.2, 0.25) is 5.02 Å². The Morgan fingerprint density at radius 2 is 2.09 bits per heavy atom. The summed E-state index contributed by atoms with van der Waals surface area (Å²) in [7, 11) is 1.52. The number of benzene rings is 2. The van der Waals surface area contributed by atoms with E-state index in [1.807, 2.05) is 0 Å². The Balaban J connectivity index is 1.88. The Hall–Kier alpha value is -2.53. The molecule has 1 amide bonds. The van der Waals surface area contributed by atoms with Gasteiger partial charge in [0.15, 0.2) is 0 Å². The van der Waals surface area contributed by atoms with Gasteiger partial charge in [-0.15, -0.1) is 0 Å². The Bertz CT molecular complexity index is 860. The summed E-state index contributed by atoms with van der Waals surface area (Å²) >= 11 is 6.03. The van der Waals surface area contributed by atoms with Gasteiger partial charge in [0.25, 0.3) is 5.91 Å². The van der Waals surface area contributed by atoms with Crippen LogP contribution in [0.15, 0.2) is 42.6 Å². The maximum atomic E-state index is 13.2. The molecule has 0 atom stereocenters. The lowest BCUT2D eigenvalue weighted by atomic mass is 10.1. The molecule has 0 aliphatic heterocycles. The van der Waals surface area contributed by atoms with E-state index >= 15 is 0 Å². The highest BCUT2D eigenvalue weighted by Gasteiger charge is 2.13. The molecule has 0 radical (unpaired) electrons. The van der Waals surface area contributed by atoms with E-state index in [4.69, 9.17) is 16.3 Å². The number of ether oxygens (including phenoxy) is 1. The lowest BCUT2D eigenvalue weighted by Crippen LogP contribution is -2.11. The molecular formula is C16H12ClFN2O2. The molecule has 1 heterocycles. The Labute approximate surface area is 130 Å². The maximum Gasteiger partial charge on any atom is 0.257 e. The average molecular weight is 319 g/mol. The zero-order chi connectivity index (χ0) is 15.7. The number of hydrogen-bond acceptors (Lipinski definition) is 2. The number of H-pyrrole nitrogens is 1. The van der Waals surface area contributed by atoms with Crippen molar-refractivity contribution < 1.29 is 13.9 Å². The first-order chi connectivity index (χ1) is 10.6. The molecule has 0 spiro atoms. The predicted octanol–water partition coefficient (Wildman–Crippen LogP) is 4.22. The van der Waals surface area contributed by atoms with Crippen LogP contribution in [0.5, 0.6) is 5.75 Å². The molecule has 112 valence electrons. The Kier molecular flexibility index (Phi) is 3.73. The van der Waals surface area contributed by atoms with Gasteiger partial charge < -0.3 is 15.0 Å². The Morgan fingerprint density at radius 3 is 2.82 bits per heavy atom. The quantitative estimate of drug-likeness (QED) is 0.759. The zero-order valence-corrected chi connectivity index (χ0v) is 12.4. The Morgan fingerprint density at radius 1 is 1.27 bits per heavy atom. The lowest BCUT2D eigenvalue weighted by molar-refractivity contribution is 0.102. The summed E-state index contributed by atoms with van der Waals surface area (Å²) in [5, 5.41) is 3.81. The fourth-order valence-corrected chi connectivity index (χ4v) is 2.49. The van der Waals surface area contributed by atoms with Gasteiger partial charge in [0.2, 0.25) is 0 Å². The van der Waals surface area contributed by atoms with Crippen LogP contribution < -0.4 is 10.1 Å². The third-order valence-electron chi connectivity index (χ3n) is 3.30. The second kappa shape index (κ2) is 5.69. The molecule has 0 unspecified atom stereocenters. The summed E-state index contributed by atoms with van der Waals surface area (Å²) in [5.41, 5.74) is 1.55. The number of rotatable bonds is 3. The number of anilines is 1. The first-order valence-electron chi connectivity index (χ1n) is 6.50. The van der Waals surface area contributed by atoms with Crippen molar-refractivity contribution in [3.8, 4) is 5.75 Å². The molecule has 0 bridgehead atoms. The summed E-state index contributed by atoms with van der Waals surface area (Å²) in [6, 6.07) is 9.19. The normalized spacial score (nSPS) is 10.7. The van der Waals surface area contributed by atoms with E-state index in [0.717, 1.165) is 0 Å². The highest BCUT2D eigenvalue weighted by atomic mass is 35.5. The van der Waals surface area contributed by atoms with Crippen molar-refractivity contribution in [1.82, 2.24) is 4.98 Å². The van der Waals surface area contributed by atoms with Crippen molar-refractivity contribution in [2.24, 2.45) is 0 Å². The predicted molar refractivity (Wildman–Crippen MR) is 84.2 cm³/mol. The number of fused-ring (bicyclic) bond motifs is 1. The number of hydrogen-bond donors (Lipinski definition) is 2. The van der Waals surface area contributed by atoms with Crippen LogP contribution in [0.4, 0.5) is 10.1 Å². The van der Waals surface area contributed by atoms with Crippen molar-refractivity contribution in [3.63, 3.8) is 0 Å². The molecule has 0 saturated carbocycles. The number of aromatic amines is 1. The summed E-state index contributed by atoms with van der Waals surface area (Å²) in [4.78, 5) is 15.2. The topological polar surface area (TPSA) is 54.1 Å². The highest BCUT2D eigenvalue weighted by molar-refractivity contribution is 6.32. The fourth-order valence-electron chi connectivity index (χ4n) is 2.23. The zero-order valence-electron chi connectivity index (χ0n) is 11.6. The number of aromatic nitrogens is 1. The maximum absolute atomic E-state index is 13.2. The van der Waals surface area contributed by atoms with Gasteiger partial charge in [0.05, 0.1) is 17.7 Å². The average Bonchev–Trinajstić information content (AvgIpc) is 2.90. The van der Waals surface area contributed by atoms with Gasteiger partial charge in [-0.2, -0.15) is 0 Å². The second-order valence-electron chi connectivity index (χ2n) is 4.70. The van der Waals surface area contributed by atoms with Gasteiger partial charge in [-0.05, 0) is 36.4 Å². The molecule has 22 heavy (non-hydrogen) atoms. The van der Waals surface area contributed by atoms with Crippen molar-refractivity contribution in [3.05, 3.63) is 59.0 Å². The first-order valence-corrected chi connectivity index (χ1v) is 6.88. The van der Waals surface area contributed by atoms with Crippen LogP contribution in [0.3, 0.4) is 0 Å². The van der Waals surface area contributed by atoms with Gasteiger partial charge in [0, 0.05) is 22.8 Å². The number of amides is 1. The van der Waals surface area contributed by atoms with Crippen LogP contribution in [0.1, 0.15) is 10.4 Å². The van der Waals surface area contributed by atoms with Gasteiger partial charge in [-0.1, -0.05) is 11.6 Å². The van der Waals surface area contributed by atoms with E-state index in [2.05, 4.69) is 10.3 Å². The lowest BCUT2D eigenvalue weighted by Gasteiger charge is -2.07. The van der Waals surface area contributed by atoms with E-state index < -0.39 is 0 Å². The molecule has 6 heteroatoms. The molecule has 0 aliphatic rings. The number of methoxy groups -OCH3 is 1. The molecule has 0 saturated heterocycles. The number of carbonyl (C=O) groups excluding carboxylic acids is 1. The van der Waals surface area contributed by atoms with Crippen molar-refractivity contribution in [2.75, 3.05) is 12.4 Å². The fraction of sp³-hybridized carbons (Fsp3) is 0.0625. The minimum absolute atomic E-state index is 0.306. The molecule has 3 aromatic rings. The van der Waals surface area contributed by atoms with Crippen molar-refractivity contribution in [2.45, 2.75) is 0 Å². The largest absolute Gasteiger partial charge is 0.495 e. The summed E-state index contributed by atoms with van der Waals surface area (Å²) < 4.78 is 18.2. The van der Waals surface area contributed by atoms with E-state index in [9.17, 15) is 9.18 Å².